The number of fused-ring (bicyclic) bond motifs is 1. The number of urea groups is 1. The Labute approximate surface area is 175 Å². The topological polar surface area (TPSA) is 114 Å². The van der Waals surface area contributed by atoms with Crippen molar-refractivity contribution in [2.45, 2.75) is 45.1 Å². The first-order valence-electron chi connectivity index (χ1n) is 10.2. The number of esters is 1. The molecule has 1 heterocycles. The molecule has 0 unspecified atom stereocenters. The van der Waals surface area contributed by atoms with Gasteiger partial charge in [0.15, 0.2) is 6.61 Å². The van der Waals surface area contributed by atoms with E-state index in [1.807, 2.05) is 0 Å². The summed E-state index contributed by atoms with van der Waals surface area (Å²) in [5, 5.41) is 4.97. The third-order valence-electron chi connectivity index (χ3n) is 5.36. The molecule has 162 valence electrons. The third kappa shape index (κ3) is 5.71. The van der Waals surface area contributed by atoms with E-state index < -0.39 is 24.5 Å². The van der Waals surface area contributed by atoms with Crippen LogP contribution in [0.1, 0.15) is 39.0 Å². The van der Waals surface area contributed by atoms with Crippen molar-refractivity contribution in [2.24, 2.45) is 5.92 Å². The molecule has 0 aromatic heterocycles. The van der Waals surface area contributed by atoms with Crippen LogP contribution in [0.2, 0.25) is 0 Å². The number of nitrogens with one attached hydrogen (secondary N) is 2. The fourth-order valence-corrected chi connectivity index (χ4v) is 3.71. The molecule has 3 rings (SSSR count). The van der Waals surface area contributed by atoms with E-state index in [9.17, 15) is 19.2 Å². The van der Waals surface area contributed by atoms with E-state index in [1.165, 1.54) is 4.90 Å². The van der Waals surface area contributed by atoms with E-state index in [2.05, 4.69) is 17.6 Å². The number of hydrogen-bond donors (Lipinski definition) is 2. The zero-order chi connectivity index (χ0) is 21.5. The Morgan fingerprint density at radius 1 is 1.20 bits per heavy atom. The van der Waals surface area contributed by atoms with Crippen molar-refractivity contribution in [1.29, 1.82) is 0 Å². The molecule has 2 aliphatic rings. The predicted octanol–water partition coefficient (Wildman–Crippen LogP) is 1.75. The van der Waals surface area contributed by atoms with E-state index in [-0.39, 0.29) is 31.5 Å². The van der Waals surface area contributed by atoms with Gasteiger partial charge in [0.05, 0.1) is 18.7 Å². The molecular weight excluding hydrogens is 390 g/mol. The smallest absolute Gasteiger partial charge is 0.326 e. The van der Waals surface area contributed by atoms with E-state index in [1.54, 1.807) is 24.3 Å². The molecule has 2 N–H and O–H groups in total. The lowest BCUT2D eigenvalue weighted by atomic mass is 9.86. The molecule has 0 spiro atoms. The first kappa shape index (κ1) is 21.6. The van der Waals surface area contributed by atoms with Crippen molar-refractivity contribution < 1.29 is 28.7 Å². The van der Waals surface area contributed by atoms with Crippen LogP contribution in [0.4, 0.5) is 10.5 Å². The van der Waals surface area contributed by atoms with Crippen LogP contribution in [-0.2, 0) is 19.1 Å². The average molecular weight is 417 g/mol. The number of nitrogens with zero attached hydrogens (tertiary/aromatic N) is 1. The van der Waals surface area contributed by atoms with Crippen molar-refractivity contribution in [2.75, 3.05) is 24.7 Å². The summed E-state index contributed by atoms with van der Waals surface area (Å²) in [6.45, 7) is 1.34. The van der Waals surface area contributed by atoms with E-state index >= 15 is 0 Å². The molecule has 0 bridgehead atoms. The predicted molar refractivity (Wildman–Crippen MR) is 108 cm³/mol. The average Bonchev–Trinajstić information content (AvgIpc) is 2.87. The molecular formula is C21H27N3O6. The van der Waals surface area contributed by atoms with Crippen LogP contribution in [0, 0.1) is 5.92 Å². The summed E-state index contributed by atoms with van der Waals surface area (Å²) in [4.78, 5) is 49.7. The van der Waals surface area contributed by atoms with Gasteiger partial charge in [-0.3, -0.25) is 24.6 Å². The number of imide groups is 1. The Morgan fingerprint density at radius 2 is 1.97 bits per heavy atom. The second-order valence-corrected chi connectivity index (χ2v) is 7.60. The fourth-order valence-electron chi connectivity index (χ4n) is 3.71. The van der Waals surface area contributed by atoms with E-state index in [4.69, 9.17) is 9.47 Å². The summed E-state index contributed by atoms with van der Waals surface area (Å²) >= 11 is 0. The summed E-state index contributed by atoms with van der Waals surface area (Å²) in [5.41, 5.74) is 0.474. The van der Waals surface area contributed by atoms with Crippen LogP contribution < -0.4 is 20.3 Å². The monoisotopic (exact) mass is 417 g/mol. The van der Waals surface area contributed by atoms with Gasteiger partial charge in [-0.15, -0.1) is 0 Å². The molecule has 2 atom stereocenters. The molecule has 30 heavy (non-hydrogen) atoms. The van der Waals surface area contributed by atoms with Crippen molar-refractivity contribution >= 4 is 29.5 Å². The summed E-state index contributed by atoms with van der Waals surface area (Å²) < 4.78 is 10.5. The van der Waals surface area contributed by atoms with Crippen molar-refractivity contribution in [3.05, 3.63) is 24.3 Å². The van der Waals surface area contributed by atoms with Gasteiger partial charge in [-0.2, -0.15) is 0 Å². The zero-order valence-electron chi connectivity index (χ0n) is 17.0. The number of carbonyl (C=O) groups excluding carboxylic acids is 4. The number of hydrogen-bond acceptors (Lipinski definition) is 6. The van der Waals surface area contributed by atoms with Gasteiger partial charge >= 0.3 is 12.0 Å². The number of para-hydroxylation sites is 2. The number of anilines is 1. The number of carbonyl (C=O) groups is 4. The second-order valence-electron chi connectivity index (χ2n) is 7.60. The Kier molecular flexibility index (Phi) is 7.26. The van der Waals surface area contributed by atoms with Crippen LogP contribution in [0.3, 0.4) is 0 Å². The Morgan fingerprint density at radius 3 is 2.77 bits per heavy atom. The first-order chi connectivity index (χ1) is 14.4. The summed E-state index contributed by atoms with van der Waals surface area (Å²) in [5.74, 6) is -0.896. The fraction of sp³-hybridized carbons (Fsp3) is 0.524. The number of amides is 4. The van der Waals surface area contributed by atoms with Gasteiger partial charge in [0.25, 0.3) is 5.91 Å². The van der Waals surface area contributed by atoms with Gasteiger partial charge in [0, 0.05) is 6.04 Å². The molecule has 1 fully saturated rings. The first-order valence-corrected chi connectivity index (χ1v) is 10.2. The maximum Gasteiger partial charge on any atom is 0.326 e. The number of benzene rings is 1. The molecule has 4 amide bonds. The quantitative estimate of drug-likeness (QED) is 0.706. The molecule has 1 saturated carbocycles. The molecule has 1 aromatic carbocycles. The minimum absolute atomic E-state index is 0.0328. The third-order valence-corrected chi connectivity index (χ3v) is 5.36. The molecule has 0 saturated heterocycles. The molecule has 9 nitrogen and oxygen atoms in total. The van der Waals surface area contributed by atoms with Gasteiger partial charge in [0.2, 0.25) is 5.91 Å². The molecule has 1 aliphatic carbocycles. The highest BCUT2D eigenvalue weighted by atomic mass is 16.5. The highest BCUT2D eigenvalue weighted by molar-refractivity contribution is 6.00. The van der Waals surface area contributed by atoms with Gasteiger partial charge in [-0.05, 0) is 30.9 Å². The van der Waals surface area contributed by atoms with Gasteiger partial charge < -0.3 is 14.8 Å². The molecule has 1 aromatic rings. The van der Waals surface area contributed by atoms with Crippen LogP contribution >= 0.6 is 0 Å². The standard InChI is InChI=1S/C21H27N3O6/c1-14-6-2-3-7-15(14)22-21(28)23-18(25)13-30-20(27)12-24-16-8-4-5-9-17(16)29-11-10-19(24)26/h4-5,8-9,14-15H,2-3,6-7,10-13H2,1H3,(H2,22,23,25,28)/t14-,15+/m0/s1. The maximum atomic E-state index is 12.3. The minimum atomic E-state index is -0.753. The van der Waals surface area contributed by atoms with Gasteiger partial charge in [0.1, 0.15) is 12.3 Å². The van der Waals surface area contributed by atoms with Crippen LogP contribution in [0.25, 0.3) is 0 Å². The Balaban J connectivity index is 1.46. The zero-order valence-corrected chi connectivity index (χ0v) is 17.0. The van der Waals surface area contributed by atoms with Crippen molar-refractivity contribution in [3.8, 4) is 5.75 Å². The lowest BCUT2D eigenvalue weighted by Crippen LogP contribution is -2.48. The highest BCUT2D eigenvalue weighted by Gasteiger charge is 2.26. The summed E-state index contributed by atoms with van der Waals surface area (Å²) in [6.07, 6.45) is 4.24. The molecule has 1 aliphatic heterocycles. The molecule has 9 heteroatoms. The second kappa shape index (κ2) is 10.1. The largest absolute Gasteiger partial charge is 0.491 e. The normalized spacial score (nSPS) is 21.0. The van der Waals surface area contributed by atoms with Gasteiger partial charge in [-0.1, -0.05) is 31.9 Å². The van der Waals surface area contributed by atoms with E-state index in [0.29, 0.717) is 17.4 Å². The summed E-state index contributed by atoms with van der Waals surface area (Å²) in [7, 11) is 0. The lowest BCUT2D eigenvalue weighted by Gasteiger charge is -2.29. The van der Waals surface area contributed by atoms with Crippen LogP contribution in [-0.4, -0.2) is 49.6 Å². The SMILES string of the molecule is C[C@H]1CCCC[C@H]1NC(=O)NC(=O)COC(=O)CN1C(=O)CCOc2ccccc21. The maximum absolute atomic E-state index is 12.3. The van der Waals surface area contributed by atoms with Gasteiger partial charge in [-0.25, -0.2) is 4.79 Å². The summed E-state index contributed by atoms with van der Waals surface area (Å²) in [6, 6.07) is 6.34. The Bertz CT molecular complexity index is 812. The number of ether oxygens (including phenoxy) is 2. The van der Waals surface area contributed by atoms with Crippen LogP contribution in [0.5, 0.6) is 5.75 Å². The van der Waals surface area contributed by atoms with Crippen molar-refractivity contribution in [3.63, 3.8) is 0 Å². The number of rotatable bonds is 5. The highest BCUT2D eigenvalue weighted by Crippen LogP contribution is 2.30. The Hall–Kier alpha value is -3.10. The minimum Gasteiger partial charge on any atom is -0.491 e. The molecule has 0 radical (unpaired) electrons. The van der Waals surface area contributed by atoms with Crippen molar-refractivity contribution in [1.82, 2.24) is 10.6 Å². The lowest BCUT2D eigenvalue weighted by molar-refractivity contribution is -0.147. The van der Waals surface area contributed by atoms with E-state index in [0.717, 1.165) is 25.7 Å². The van der Waals surface area contributed by atoms with Crippen LogP contribution in [0.15, 0.2) is 24.3 Å².